The lowest BCUT2D eigenvalue weighted by molar-refractivity contribution is 0.162. The molecule has 4 nitrogen and oxygen atoms in total. The molecule has 0 saturated heterocycles. The van der Waals surface area contributed by atoms with Crippen LogP contribution < -0.4 is 0 Å². The highest BCUT2D eigenvalue weighted by molar-refractivity contribution is 7.47. The number of unbranched alkanes of at least 4 members (excludes halogenated alkanes) is 1. The summed E-state index contributed by atoms with van der Waals surface area (Å²) in [4.78, 5) is 0. The lowest BCUT2D eigenvalue weighted by atomic mass is 10.0. The van der Waals surface area contributed by atoms with E-state index in [1.165, 1.54) is 19.3 Å². The van der Waals surface area contributed by atoms with Crippen LogP contribution in [0.25, 0.3) is 0 Å². The van der Waals surface area contributed by atoms with Gasteiger partial charge in [0.2, 0.25) is 0 Å². The van der Waals surface area contributed by atoms with Gasteiger partial charge in [0.05, 0.1) is 26.4 Å². The summed E-state index contributed by atoms with van der Waals surface area (Å²) in [5.41, 5.74) is 0. The van der Waals surface area contributed by atoms with Gasteiger partial charge in [-0.1, -0.05) is 33.1 Å². The van der Waals surface area contributed by atoms with Crippen LogP contribution in [-0.4, -0.2) is 42.8 Å². The van der Waals surface area contributed by atoms with E-state index in [9.17, 15) is 0 Å². The molecule has 1 unspecified atom stereocenters. The largest absolute Gasteiger partial charge is 0.394 e. The Hall–Kier alpha value is 0.270. The number of hydrogen-bond donors (Lipinski definition) is 2. The molecule has 0 aromatic carbocycles. The molecule has 2 N–H and O–H groups in total. The lowest BCUT2D eigenvalue weighted by Gasteiger charge is -2.22. The van der Waals surface area contributed by atoms with Gasteiger partial charge in [-0.15, -0.1) is 0 Å². The van der Waals surface area contributed by atoms with Crippen molar-refractivity contribution in [3.63, 3.8) is 0 Å². The van der Waals surface area contributed by atoms with E-state index in [4.69, 9.17) is 19.3 Å². The maximum Gasteiger partial charge on any atom is 0.170 e. The molecule has 0 heterocycles. The van der Waals surface area contributed by atoms with E-state index in [0.717, 1.165) is 12.6 Å². The predicted molar refractivity (Wildman–Crippen MR) is 71.2 cm³/mol. The second-order valence-corrected chi connectivity index (χ2v) is 5.59. The molecule has 0 aromatic heterocycles. The first-order valence-corrected chi connectivity index (χ1v) is 7.89. The second kappa shape index (κ2) is 12.7. The molecular weight excluding hydrogens is 239 g/mol. The molecule has 104 valence electrons. The zero-order chi connectivity index (χ0) is 12.9. The van der Waals surface area contributed by atoms with E-state index in [2.05, 4.69) is 13.8 Å². The summed E-state index contributed by atoms with van der Waals surface area (Å²) in [5.74, 6) is 0.624. The molecule has 0 aromatic rings. The van der Waals surface area contributed by atoms with Crippen LogP contribution >= 0.6 is 8.38 Å². The predicted octanol–water partition coefficient (Wildman–Crippen LogP) is 2.53. The van der Waals surface area contributed by atoms with E-state index in [1.807, 2.05) is 0 Å². The average Bonchev–Trinajstić information content (AvgIpc) is 2.36. The minimum absolute atomic E-state index is 0.0209. The van der Waals surface area contributed by atoms with E-state index in [0.29, 0.717) is 19.1 Å². The van der Waals surface area contributed by atoms with Crippen LogP contribution in [0.3, 0.4) is 0 Å². The van der Waals surface area contributed by atoms with Crippen molar-refractivity contribution in [1.82, 2.24) is 0 Å². The summed E-state index contributed by atoms with van der Waals surface area (Å²) in [6.45, 7) is 5.06. The van der Waals surface area contributed by atoms with Gasteiger partial charge in [-0.05, 0) is 12.3 Å². The van der Waals surface area contributed by atoms with Gasteiger partial charge in [0.1, 0.15) is 0 Å². The molecule has 0 spiro atoms. The van der Waals surface area contributed by atoms with Gasteiger partial charge >= 0.3 is 0 Å². The zero-order valence-corrected chi connectivity index (χ0v) is 12.0. The normalized spacial score (nSPS) is 13.2. The van der Waals surface area contributed by atoms with Gasteiger partial charge in [-0.3, -0.25) is 0 Å². The molecule has 0 radical (unpaired) electrons. The molecular formula is C12H27O4P. The minimum Gasteiger partial charge on any atom is -0.394 e. The van der Waals surface area contributed by atoms with Gasteiger partial charge in [0, 0.05) is 6.16 Å². The maximum absolute atomic E-state index is 8.75. The van der Waals surface area contributed by atoms with Crippen LogP contribution in [0.2, 0.25) is 0 Å². The molecule has 5 heteroatoms. The van der Waals surface area contributed by atoms with Gasteiger partial charge in [-0.25, -0.2) is 0 Å². The van der Waals surface area contributed by atoms with Crippen LogP contribution in [0, 0.1) is 5.92 Å². The van der Waals surface area contributed by atoms with Crippen LogP contribution in [-0.2, 0) is 9.05 Å². The molecule has 0 amide bonds. The molecule has 0 aliphatic heterocycles. The molecule has 1 atom stereocenters. The Kier molecular flexibility index (Phi) is 12.9. The highest BCUT2D eigenvalue weighted by Crippen LogP contribution is 2.41. The molecule has 0 fully saturated rings. The highest BCUT2D eigenvalue weighted by Gasteiger charge is 2.16. The lowest BCUT2D eigenvalue weighted by Crippen LogP contribution is -2.09. The summed E-state index contributed by atoms with van der Waals surface area (Å²) in [6.07, 6.45) is 5.69. The third-order valence-electron chi connectivity index (χ3n) is 2.60. The molecule has 0 aliphatic rings. The van der Waals surface area contributed by atoms with E-state index < -0.39 is 8.38 Å². The molecule has 0 bridgehead atoms. The van der Waals surface area contributed by atoms with Crippen molar-refractivity contribution in [3.05, 3.63) is 0 Å². The van der Waals surface area contributed by atoms with Gasteiger partial charge in [0.15, 0.2) is 8.38 Å². The monoisotopic (exact) mass is 266 g/mol. The van der Waals surface area contributed by atoms with Crippen LogP contribution in [0.1, 0.15) is 39.5 Å². The molecule has 0 rings (SSSR count). The summed E-state index contributed by atoms with van der Waals surface area (Å²) < 4.78 is 11.0. The Labute approximate surface area is 106 Å². The number of rotatable bonds is 12. The Bertz CT molecular complexity index is 149. The van der Waals surface area contributed by atoms with E-state index in [1.54, 1.807) is 0 Å². The van der Waals surface area contributed by atoms with Crippen molar-refractivity contribution in [2.75, 3.05) is 32.6 Å². The van der Waals surface area contributed by atoms with Crippen molar-refractivity contribution in [3.8, 4) is 0 Å². The van der Waals surface area contributed by atoms with Gasteiger partial charge in [-0.2, -0.15) is 0 Å². The quantitative estimate of drug-likeness (QED) is 0.533. The number of aliphatic hydroxyl groups excluding tert-OH is 2. The first-order valence-electron chi connectivity index (χ1n) is 6.53. The third kappa shape index (κ3) is 9.93. The minimum atomic E-state index is -0.954. The van der Waals surface area contributed by atoms with Gasteiger partial charge < -0.3 is 19.3 Å². The Morgan fingerprint density at radius 1 is 1.06 bits per heavy atom. The van der Waals surface area contributed by atoms with Gasteiger partial charge in [0.25, 0.3) is 0 Å². The maximum atomic E-state index is 8.75. The second-order valence-electron chi connectivity index (χ2n) is 4.05. The fourth-order valence-electron chi connectivity index (χ4n) is 1.56. The standard InChI is InChI=1S/C12H27O4P/c1-3-5-6-12(4-2)11-17(15-9-7-13)16-10-8-14/h12-14H,3-11H2,1-2H3. The first kappa shape index (κ1) is 17.3. The summed E-state index contributed by atoms with van der Waals surface area (Å²) in [5, 5.41) is 17.5. The molecule has 17 heavy (non-hydrogen) atoms. The fraction of sp³-hybridized carbons (Fsp3) is 1.00. The van der Waals surface area contributed by atoms with Crippen LogP contribution in [0.4, 0.5) is 0 Å². The Morgan fingerprint density at radius 2 is 1.65 bits per heavy atom. The van der Waals surface area contributed by atoms with Crippen molar-refractivity contribution >= 4 is 8.38 Å². The van der Waals surface area contributed by atoms with Crippen LogP contribution in [0.5, 0.6) is 0 Å². The van der Waals surface area contributed by atoms with Crippen molar-refractivity contribution < 1.29 is 19.3 Å². The smallest absolute Gasteiger partial charge is 0.170 e. The van der Waals surface area contributed by atoms with E-state index >= 15 is 0 Å². The topological polar surface area (TPSA) is 58.9 Å². The number of aliphatic hydroxyl groups is 2. The Morgan fingerprint density at radius 3 is 2.06 bits per heavy atom. The highest BCUT2D eigenvalue weighted by atomic mass is 31.2. The van der Waals surface area contributed by atoms with Crippen molar-refractivity contribution in [2.45, 2.75) is 39.5 Å². The van der Waals surface area contributed by atoms with E-state index in [-0.39, 0.29) is 13.2 Å². The summed E-state index contributed by atoms with van der Waals surface area (Å²) >= 11 is 0. The molecule has 0 saturated carbocycles. The first-order chi connectivity index (χ1) is 8.28. The third-order valence-corrected chi connectivity index (χ3v) is 4.36. The summed E-state index contributed by atoms with van der Waals surface area (Å²) in [6, 6.07) is 0. The fourth-order valence-corrected chi connectivity index (χ4v) is 3.27. The summed E-state index contributed by atoms with van der Waals surface area (Å²) in [7, 11) is -0.954. The number of hydrogen-bond acceptors (Lipinski definition) is 4. The van der Waals surface area contributed by atoms with Crippen molar-refractivity contribution in [1.29, 1.82) is 0 Å². The molecule has 0 aliphatic carbocycles. The average molecular weight is 266 g/mol. The SMILES string of the molecule is CCCCC(CC)CP(OCCO)OCCO. The van der Waals surface area contributed by atoms with Crippen LogP contribution in [0.15, 0.2) is 0 Å². The zero-order valence-electron chi connectivity index (χ0n) is 11.1. The van der Waals surface area contributed by atoms with Crippen molar-refractivity contribution in [2.24, 2.45) is 5.92 Å². The Balaban J connectivity index is 3.97.